The van der Waals surface area contributed by atoms with Crippen molar-refractivity contribution >= 4 is 29.1 Å². The fourth-order valence-corrected chi connectivity index (χ4v) is 10.7. The van der Waals surface area contributed by atoms with E-state index in [0.29, 0.717) is 30.2 Å². The predicted molar refractivity (Wildman–Crippen MR) is 202 cm³/mol. The summed E-state index contributed by atoms with van der Waals surface area (Å²) < 4.78 is 16.0. The number of nitrogens with zero attached hydrogens (tertiary/aromatic N) is 4. The number of aryl methyl sites for hydroxylation is 1. The molecule has 10 heteroatoms. The number of halogens is 1. The van der Waals surface area contributed by atoms with Gasteiger partial charge in [-0.25, -0.2) is 4.39 Å². The summed E-state index contributed by atoms with van der Waals surface area (Å²) >= 11 is 0. The minimum absolute atomic E-state index is 0.115. The van der Waals surface area contributed by atoms with Crippen LogP contribution >= 0.6 is 0 Å². The van der Waals surface area contributed by atoms with Gasteiger partial charge in [-0.15, -0.1) is 0 Å². The van der Waals surface area contributed by atoms with Crippen LogP contribution in [0.1, 0.15) is 96.3 Å². The number of imide groups is 1. The number of benzene rings is 3. The van der Waals surface area contributed by atoms with Gasteiger partial charge < -0.3 is 19.8 Å². The molecule has 3 aromatic carbocycles. The first kappa shape index (κ1) is 34.3. The second-order valence-electron chi connectivity index (χ2n) is 16.6. The molecule has 4 fully saturated rings. The van der Waals surface area contributed by atoms with Crippen LogP contribution in [0.15, 0.2) is 54.6 Å². The summed E-state index contributed by atoms with van der Waals surface area (Å²) in [5.74, 6) is 0.161. The molecule has 4 aliphatic heterocycles. The Labute approximate surface area is 311 Å². The molecule has 0 radical (unpaired) electrons. The van der Waals surface area contributed by atoms with Crippen LogP contribution in [0.3, 0.4) is 0 Å². The van der Waals surface area contributed by atoms with Gasteiger partial charge in [0.15, 0.2) is 0 Å². The summed E-state index contributed by atoms with van der Waals surface area (Å²) in [6.07, 6.45) is 9.65. The number of phenols is 1. The zero-order chi connectivity index (χ0) is 36.3. The van der Waals surface area contributed by atoms with Gasteiger partial charge in [0, 0.05) is 75.9 Å². The van der Waals surface area contributed by atoms with Gasteiger partial charge in [0.2, 0.25) is 11.8 Å². The van der Waals surface area contributed by atoms with E-state index in [1.54, 1.807) is 11.0 Å². The minimum atomic E-state index is -0.599. The molecule has 53 heavy (non-hydrogen) atoms. The number of rotatable bonds is 6. The van der Waals surface area contributed by atoms with E-state index in [-0.39, 0.29) is 41.3 Å². The summed E-state index contributed by atoms with van der Waals surface area (Å²) in [5, 5.41) is 12.6. The lowest BCUT2D eigenvalue weighted by atomic mass is 9.60. The van der Waals surface area contributed by atoms with E-state index in [1.165, 1.54) is 36.8 Å². The largest absolute Gasteiger partial charge is 0.508 e. The van der Waals surface area contributed by atoms with E-state index in [1.807, 2.05) is 30.3 Å². The molecule has 0 bridgehead atoms. The molecule has 6 aliphatic rings. The molecule has 0 aromatic heterocycles. The number of hydrogen-bond donors (Lipinski definition) is 2. The second kappa shape index (κ2) is 13.8. The third kappa shape index (κ3) is 6.36. The highest BCUT2D eigenvalue weighted by Gasteiger charge is 2.46. The fourth-order valence-electron chi connectivity index (χ4n) is 10.7. The van der Waals surface area contributed by atoms with Crippen LogP contribution in [-0.4, -0.2) is 84.5 Å². The van der Waals surface area contributed by atoms with Crippen LogP contribution in [-0.2, 0) is 22.6 Å². The maximum atomic E-state index is 16.0. The smallest absolute Gasteiger partial charge is 0.255 e. The van der Waals surface area contributed by atoms with E-state index in [9.17, 15) is 19.5 Å². The number of fused-ring (bicyclic) bond motifs is 2. The third-order valence-electron chi connectivity index (χ3n) is 13.6. The monoisotopic (exact) mass is 719 g/mol. The number of carbonyl (C=O) groups excluding carboxylic acids is 3. The molecule has 278 valence electrons. The first-order valence-corrected chi connectivity index (χ1v) is 19.9. The highest BCUT2D eigenvalue weighted by Crippen LogP contribution is 2.58. The van der Waals surface area contributed by atoms with Gasteiger partial charge in [0.25, 0.3) is 5.91 Å². The molecule has 3 saturated heterocycles. The molecule has 4 heterocycles. The summed E-state index contributed by atoms with van der Waals surface area (Å²) in [7, 11) is 0. The number of piperazine rings is 1. The van der Waals surface area contributed by atoms with Crippen LogP contribution in [0.25, 0.3) is 0 Å². The van der Waals surface area contributed by atoms with Crippen LogP contribution in [0.4, 0.5) is 15.8 Å². The summed E-state index contributed by atoms with van der Waals surface area (Å²) in [6, 6.07) is 17.2. The molecular weight excluding hydrogens is 670 g/mol. The molecule has 2 N–H and O–H groups in total. The van der Waals surface area contributed by atoms with Gasteiger partial charge in [-0.2, -0.15) is 0 Å². The molecule has 9 rings (SSSR count). The average Bonchev–Trinajstić information content (AvgIpc) is 3.76. The van der Waals surface area contributed by atoms with Gasteiger partial charge in [0.05, 0.1) is 5.69 Å². The maximum Gasteiger partial charge on any atom is 0.255 e. The van der Waals surface area contributed by atoms with E-state index in [4.69, 9.17) is 0 Å². The van der Waals surface area contributed by atoms with Gasteiger partial charge >= 0.3 is 0 Å². The van der Waals surface area contributed by atoms with Gasteiger partial charge in [-0.05, 0) is 121 Å². The van der Waals surface area contributed by atoms with Crippen molar-refractivity contribution in [3.63, 3.8) is 0 Å². The molecule has 0 unspecified atom stereocenters. The molecule has 2 aliphatic carbocycles. The highest BCUT2D eigenvalue weighted by molar-refractivity contribution is 6.05. The minimum Gasteiger partial charge on any atom is -0.508 e. The topological polar surface area (TPSA) is 96.4 Å². The Morgan fingerprint density at radius 1 is 0.792 bits per heavy atom. The lowest BCUT2D eigenvalue weighted by Gasteiger charge is -2.43. The summed E-state index contributed by atoms with van der Waals surface area (Å²) in [6.45, 7) is 6.94. The number of amides is 3. The average molecular weight is 720 g/mol. The SMILES string of the molecule is O=C1CC[C@H](N2Cc3cc(N4CCN(CC5CCN(c6ccc([C@H]7c8ccc(O)cc8CCC78CCCC8)cc6F)CC5)CC4)ccc3C2=O)C(=O)N1. The van der Waals surface area contributed by atoms with Crippen molar-refractivity contribution in [3.8, 4) is 5.75 Å². The lowest BCUT2D eigenvalue weighted by Crippen LogP contribution is -2.52. The Bertz CT molecular complexity index is 1930. The van der Waals surface area contributed by atoms with E-state index in [2.05, 4.69) is 38.2 Å². The number of hydrogen-bond acceptors (Lipinski definition) is 7. The normalized spacial score (nSPS) is 24.8. The quantitative estimate of drug-likeness (QED) is 0.304. The van der Waals surface area contributed by atoms with Crippen molar-refractivity contribution in [3.05, 3.63) is 88.2 Å². The Hall–Kier alpha value is -4.44. The molecule has 2 atom stereocenters. The molecule has 9 nitrogen and oxygen atoms in total. The molecule has 1 spiro atoms. The van der Waals surface area contributed by atoms with Crippen LogP contribution in [0.5, 0.6) is 5.75 Å². The first-order valence-electron chi connectivity index (χ1n) is 19.9. The van der Waals surface area contributed by atoms with Crippen molar-refractivity contribution in [2.24, 2.45) is 11.3 Å². The number of piperidine rings is 2. The predicted octanol–water partition coefficient (Wildman–Crippen LogP) is 5.97. The van der Waals surface area contributed by atoms with E-state index < -0.39 is 6.04 Å². The van der Waals surface area contributed by atoms with Crippen molar-refractivity contribution < 1.29 is 23.9 Å². The number of carbonyl (C=O) groups is 3. The van der Waals surface area contributed by atoms with Gasteiger partial charge in [0.1, 0.15) is 17.6 Å². The standard InChI is InChI=1S/C43H50FN5O4/c44-36-25-30(40-34-7-5-33(50)24-29(34)11-16-43(40)14-1-2-15-43)3-8-37(36)48-17-12-28(13-18-48)26-46-19-21-47(22-20-46)32-4-6-35-31(23-32)27-49(42(35)53)38-9-10-39(51)45-41(38)52/h3-8,23-25,28,38,40,50H,1-2,9-22,26-27H2,(H,45,51,52)/t38-,40-/m0/s1. The Kier molecular flexibility index (Phi) is 8.91. The Morgan fingerprint density at radius 2 is 1.58 bits per heavy atom. The van der Waals surface area contributed by atoms with Crippen LogP contribution in [0, 0.1) is 17.2 Å². The third-order valence-corrected chi connectivity index (χ3v) is 13.6. The van der Waals surface area contributed by atoms with E-state index in [0.717, 1.165) is 94.0 Å². The Balaban J connectivity index is 0.787. The zero-order valence-corrected chi connectivity index (χ0v) is 30.5. The molecule has 1 saturated carbocycles. The molecule has 3 aromatic rings. The van der Waals surface area contributed by atoms with Crippen molar-refractivity contribution in [1.29, 1.82) is 0 Å². The zero-order valence-electron chi connectivity index (χ0n) is 30.5. The van der Waals surface area contributed by atoms with Crippen molar-refractivity contribution in [2.45, 2.75) is 82.7 Å². The number of anilines is 2. The van der Waals surface area contributed by atoms with Gasteiger partial charge in [-0.3, -0.25) is 24.6 Å². The fraction of sp³-hybridized carbons (Fsp3) is 0.512. The summed E-state index contributed by atoms with van der Waals surface area (Å²) in [4.78, 5) is 46.0. The second-order valence-corrected chi connectivity index (χ2v) is 16.6. The Morgan fingerprint density at radius 3 is 2.34 bits per heavy atom. The first-order chi connectivity index (χ1) is 25.7. The molecule has 3 amide bonds. The summed E-state index contributed by atoms with van der Waals surface area (Å²) in [5.41, 5.74) is 7.16. The van der Waals surface area contributed by atoms with Crippen molar-refractivity contribution in [1.82, 2.24) is 15.1 Å². The number of nitrogens with one attached hydrogen (secondary N) is 1. The van der Waals surface area contributed by atoms with Crippen LogP contribution < -0.4 is 15.1 Å². The highest BCUT2D eigenvalue weighted by atomic mass is 19.1. The maximum absolute atomic E-state index is 16.0. The number of aromatic hydroxyl groups is 1. The van der Waals surface area contributed by atoms with Crippen LogP contribution in [0.2, 0.25) is 0 Å². The molecular formula is C43H50FN5O4. The lowest BCUT2D eigenvalue weighted by molar-refractivity contribution is -0.136. The van der Waals surface area contributed by atoms with E-state index >= 15 is 4.39 Å². The van der Waals surface area contributed by atoms with Gasteiger partial charge in [-0.1, -0.05) is 25.0 Å². The number of phenolic OH excluding ortho intramolecular Hbond substituents is 1. The van der Waals surface area contributed by atoms with Crippen molar-refractivity contribution in [2.75, 3.05) is 55.6 Å².